The zero-order valence-electron chi connectivity index (χ0n) is 10.9. The van der Waals surface area contributed by atoms with Crippen molar-refractivity contribution in [1.82, 2.24) is 9.97 Å². The Kier molecular flexibility index (Phi) is 5.17. The van der Waals surface area contributed by atoms with Gasteiger partial charge in [-0.25, -0.2) is 4.98 Å². The molecule has 0 saturated heterocycles. The number of aryl methyl sites for hydroxylation is 1. The fourth-order valence-corrected chi connectivity index (χ4v) is 2.32. The van der Waals surface area contributed by atoms with Crippen molar-refractivity contribution < 1.29 is 0 Å². The predicted molar refractivity (Wildman–Crippen MR) is 80.7 cm³/mol. The summed E-state index contributed by atoms with van der Waals surface area (Å²) in [7, 11) is 0. The molecule has 0 bridgehead atoms. The summed E-state index contributed by atoms with van der Waals surface area (Å²) >= 11 is 12.1. The van der Waals surface area contributed by atoms with Crippen molar-refractivity contribution in [2.75, 3.05) is 0 Å². The van der Waals surface area contributed by atoms with Gasteiger partial charge in [0.15, 0.2) is 0 Å². The van der Waals surface area contributed by atoms with E-state index in [-0.39, 0.29) is 0 Å². The lowest BCUT2D eigenvalue weighted by Gasteiger charge is -2.10. The third kappa shape index (κ3) is 3.68. The Labute approximate surface area is 123 Å². The first-order valence-corrected chi connectivity index (χ1v) is 7.23. The first-order valence-electron chi connectivity index (χ1n) is 6.47. The number of pyridine rings is 2. The third-order valence-corrected chi connectivity index (χ3v) is 3.69. The maximum atomic E-state index is 6.09. The van der Waals surface area contributed by atoms with E-state index in [9.17, 15) is 0 Å². The van der Waals surface area contributed by atoms with Crippen LogP contribution in [0.3, 0.4) is 0 Å². The van der Waals surface area contributed by atoms with E-state index < -0.39 is 0 Å². The predicted octanol–water partition coefficient (Wildman–Crippen LogP) is 5.18. The molecule has 0 radical (unpaired) electrons. The highest BCUT2D eigenvalue weighted by Crippen LogP contribution is 2.30. The molecule has 4 heteroatoms. The van der Waals surface area contributed by atoms with E-state index in [1.54, 1.807) is 12.4 Å². The van der Waals surface area contributed by atoms with Crippen molar-refractivity contribution in [1.29, 1.82) is 0 Å². The summed E-state index contributed by atoms with van der Waals surface area (Å²) in [4.78, 5) is 8.47. The lowest BCUT2D eigenvalue weighted by Crippen LogP contribution is -1.96. The van der Waals surface area contributed by atoms with Crippen LogP contribution in [0.5, 0.6) is 0 Å². The number of aromatic nitrogens is 2. The van der Waals surface area contributed by atoms with Crippen molar-refractivity contribution in [3.05, 3.63) is 46.5 Å². The molecule has 0 saturated carbocycles. The van der Waals surface area contributed by atoms with Crippen molar-refractivity contribution in [3.8, 4) is 11.1 Å². The fourth-order valence-electron chi connectivity index (χ4n) is 2.02. The average molecular weight is 295 g/mol. The second-order valence-corrected chi connectivity index (χ2v) is 5.21. The summed E-state index contributed by atoms with van der Waals surface area (Å²) in [6, 6.07) is 5.82. The van der Waals surface area contributed by atoms with E-state index >= 15 is 0 Å². The average Bonchev–Trinajstić information content (AvgIpc) is 2.43. The zero-order chi connectivity index (χ0) is 13.7. The number of halogens is 2. The van der Waals surface area contributed by atoms with Crippen LogP contribution in [0.4, 0.5) is 0 Å². The molecule has 0 aromatic carbocycles. The molecule has 2 aromatic heterocycles. The van der Waals surface area contributed by atoms with Crippen LogP contribution in [-0.2, 0) is 6.42 Å². The second kappa shape index (κ2) is 6.88. The normalized spacial score (nSPS) is 10.7. The summed E-state index contributed by atoms with van der Waals surface area (Å²) in [6.07, 6.45) is 7.95. The lowest BCUT2D eigenvalue weighted by atomic mass is 10.0. The molecule has 19 heavy (non-hydrogen) atoms. The molecule has 2 aromatic rings. The highest BCUT2D eigenvalue weighted by molar-refractivity contribution is 6.41. The smallest absolute Gasteiger partial charge is 0.147 e. The SMILES string of the molecule is CCCCCc1nc(Cl)c(Cl)cc1-c1ccncc1. The summed E-state index contributed by atoms with van der Waals surface area (Å²) in [5.41, 5.74) is 3.13. The molecule has 0 aliphatic heterocycles. The third-order valence-electron chi connectivity index (χ3n) is 3.02. The first-order chi connectivity index (χ1) is 9.22. The first kappa shape index (κ1) is 14.3. The van der Waals surface area contributed by atoms with Crippen LogP contribution in [0.2, 0.25) is 10.2 Å². The van der Waals surface area contributed by atoms with Crippen molar-refractivity contribution in [2.45, 2.75) is 32.6 Å². The van der Waals surface area contributed by atoms with Crippen LogP contribution in [0.25, 0.3) is 11.1 Å². The zero-order valence-corrected chi connectivity index (χ0v) is 12.4. The number of rotatable bonds is 5. The summed E-state index contributed by atoms with van der Waals surface area (Å²) < 4.78 is 0. The number of unbranched alkanes of at least 4 members (excludes halogenated alkanes) is 2. The second-order valence-electron chi connectivity index (χ2n) is 4.45. The van der Waals surface area contributed by atoms with E-state index in [1.165, 1.54) is 12.8 Å². The van der Waals surface area contributed by atoms with Crippen LogP contribution in [-0.4, -0.2) is 9.97 Å². The number of nitrogens with zero attached hydrogens (tertiary/aromatic N) is 2. The van der Waals surface area contributed by atoms with Gasteiger partial charge in [0.05, 0.1) is 10.7 Å². The van der Waals surface area contributed by atoms with E-state index in [2.05, 4.69) is 16.9 Å². The van der Waals surface area contributed by atoms with Gasteiger partial charge in [0, 0.05) is 18.0 Å². The van der Waals surface area contributed by atoms with Gasteiger partial charge in [-0.1, -0.05) is 43.0 Å². The van der Waals surface area contributed by atoms with Gasteiger partial charge in [0.25, 0.3) is 0 Å². The van der Waals surface area contributed by atoms with Gasteiger partial charge in [0.2, 0.25) is 0 Å². The van der Waals surface area contributed by atoms with Crippen LogP contribution in [0.1, 0.15) is 31.9 Å². The van der Waals surface area contributed by atoms with Crippen molar-refractivity contribution in [3.63, 3.8) is 0 Å². The molecular weight excluding hydrogens is 279 g/mol. The molecule has 0 N–H and O–H groups in total. The molecule has 0 aliphatic rings. The minimum atomic E-state index is 0.381. The van der Waals surface area contributed by atoms with E-state index in [4.69, 9.17) is 23.2 Å². The van der Waals surface area contributed by atoms with Gasteiger partial charge < -0.3 is 0 Å². The van der Waals surface area contributed by atoms with E-state index in [0.29, 0.717) is 10.2 Å². The van der Waals surface area contributed by atoms with Gasteiger partial charge >= 0.3 is 0 Å². The minimum absolute atomic E-state index is 0.381. The number of hydrogen-bond donors (Lipinski definition) is 0. The van der Waals surface area contributed by atoms with Crippen molar-refractivity contribution >= 4 is 23.2 Å². The van der Waals surface area contributed by atoms with Crippen LogP contribution in [0, 0.1) is 0 Å². The van der Waals surface area contributed by atoms with Crippen LogP contribution >= 0.6 is 23.2 Å². The Bertz CT molecular complexity index is 541. The van der Waals surface area contributed by atoms with Crippen LogP contribution < -0.4 is 0 Å². The molecule has 0 amide bonds. The Morgan fingerprint density at radius 3 is 2.53 bits per heavy atom. The van der Waals surface area contributed by atoms with E-state index in [1.807, 2.05) is 18.2 Å². The maximum Gasteiger partial charge on any atom is 0.147 e. The van der Waals surface area contributed by atoms with Crippen LogP contribution in [0.15, 0.2) is 30.6 Å². The Balaban J connectivity index is 2.37. The molecular formula is C15H16Cl2N2. The summed E-state index contributed by atoms with van der Waals surface area (Å²) in [5, 5.41) is 0.874. The quantitative estimate of drug-likeness (QED) is 0.561. The Morgan fingerprint density at radius 2 is 1.84 bits per heavy atom. The topological polar surface area (TPSA) is 25.8 Å². The van der Waals surface area contributed by atoms with Gasteiger partial charge in [-0.05, 0) is 36.6 Å². The summed E-state index contributed by atoms with van der Waals surface area (Å²) in [5.74, 6) is 0. The van der Waals surface area contributed by atoms with Crippen molar-refractivity contribution in [2.24, 2.45) is 0 Å². The minimum Gasteiger partial charge on any atom is -0.265 e. The van der Waals surface area contributed by atoms with Gasteiger partial charge in [-0.2, -0.15) is 0 Å². The Hall–Kier alpha value is -1.12. The molecule has 0 spiro atoms. The van der Waals surface area contributed by atoms with E-state index in [0.717, 1.165) is 29.7 Å². The Morgan fingerprint density at radius 1 is 1.11 bits per heavy atom. The highest BCUT2D eigenvalue weighted by Gasteiger charge is 2.11. The maximum absolute atomic E-state index is 6.09. The largest absolute Gasteiger partial charge is 0.265 e. The molecule has 100 valence electrons. The molecule has 2 heterocycles. The summed E-state index contributed by atoms with van der Waals surface area (Å²) in [6.45, 7) is 2.19. The molecule has 0 atom stereocenters. The number of hydrogen-bond acceptors (Lipinski definition) is 2. The van der Waals surface area contributed by atoms with Gasteiger partial charge in [-0.3, -0.25) is 4.98 Å². The fraction of sp³-hybridized carbons (Fsp3) is 0.333. The molecule has 2 nitrogen and oxygen atoms in total. The van der Waals surface area contributed by atoms with Gasteiger partial charge in [-0.15, -0.1) is 0 Å². The monoisotopic (exact) mass is 294 g/mol. The molecule has 0 unspecified atom stereocenters. The molecule has 0 aliphatic carbocycles. The standard InChI is InChI=1S/C15H16Cl2N2/c1-2-3-4-5-14-12(10-13(16)15(17)19-14)11-6-8-18-9-7-11/h6-10H,2-5H2,1H3. The van der Waals surface area contributed by atoms with Gasteiger partial charge in [0.1, 0.15) is 5.15 Å². The lowest BCUT2D eigenvalue weighted by molar-refractivity contribution is 0.708. The highest BCUT2D eigenvalue weighted by atomic mass is 35.5. The molecule has 0 fully saturated rings. The molecule has 2 rings (SSSR count).